The maximum Gasteiger partial charge on any atom is 0.294 e. The number of anilines is 1. The van der Waals surface area contributed by atoms with Crippen LogP contribution in [0, 0.1) is 0 Å². The van der Waals surface area contributed by atoms with Gasteiger partial charge < -0.3 is 129 Å². The normalized spacial score (nSPS) is 14.4. The van der Waals surface area contributed by atoms with E-state index in [9.17, 15) is 32.1 Å². The number of carbonyl (C=O) groups is 4. The predicted octanol–water partition coefficient (Wildman–Crippen LogP) is 8.01. The van der Waals surface area contributed by atoms with Crippen molar-refractivity contribution >= 4 is 62.9 Å². The van der Waals surface area contributed by atoms with Crippen LogP contribution < -0.4 is 15.5 Å². The Kier molecular flexibility index (Phi) is 71.5. The second-order valence-corrected chi connectivity index (χ2v) is 34.1. The molecule has 4 N–H and O–H groups in total. The van der Waals surface area contributed by atoms with Gasteiger partial charge in [-0.15, -0.1) is 4.33 Å². The molecule has 778 valence electrons. The summed E-state index contributed by atoms with van der Waals surface area (Å²) in [5.74, 6) is -0.642. The van der Waals surface area contributed by atoms with Gasteiger partial charge in [0.25, 0.3) is 21.9 Å². The first-order valence-corrected chi connectivity index (χ1v) is 49.9. The van der Waals surface area contributed by atoms with Gasteiger partial charge in [0.1, 0.15) is 6.54 Å². The predicted molar refractivity (Wildman–Crippen MR) is 506 cm³/mol. The van der Waals surface area contributed by atoms with Gasteiger partial charge in [0.2, 0.25) is 17.5 Å². The van der Waals surface area contributed by atoms with E-state index in [0.717, 1.165) is 89.4 Å². The van der Waals surface area contributed by atoms with Gasteiger partial charge in [-0.3, -0.25) is 28.6 Å². The molecule has 2 aromatic carbocycles. The fourth-order valence-electron chi connectivity index (χ4n) is 13.9. The van der Waals surface area contributed by atoms with E-state index in [1.54, 1.807) is 19.2 Å². The zero-order valence-corrected chi connectivity index (χ0v) is 82.8. The molecule has 3 heterocycles. The second kappa shape index (κ2) is 80.6. The molecule has 0 saturated carbocycles. The van der Waals surface area contributed by atoms with E-state index in [2.05, 4.69) is 45.1 Å². The minimum Gasteiger partial charge on any atom is -0.382 e. The molecule has 0 bridgehead atoms. The van der Waals surface area contributed by atoms with Gasteiger partial charge in [-0.2, -0.15) is 13.0 Å². The molecule has 3 aliphatic rings. The Balaban J connectivity index is 0.732. The van der Waals surface area contributed by atoms with Crippen molar-refractivity contribution in [3.05, 3.63) is 95.8 Å². The summed E-state index contributed by atoms with van der Waals surface area (Å²) in [6.45, 7) is 32.9. The number of unbranched alkanes of at least 4 members (excludes halogenated alkanes) is 6. The summed E-state index contributed by atoms with van der Waals surface area (Å²) >= 11 is 0.899. The molecule has 0 spiro atoms. The van der Waals surface area contributed by atoms with Crippen LogP contribution in [0.2, 0.25) is 0 Å². The molecule has 136 heavy (non-hydrogen) atoms. The first kappa shape index (κ1) is 121. The highest BCUT2D eigenvalue weighted by Crippen LogP contribution is 2.49. The number of fused-ring (bicyclic) bond motifs is 2. The molecule has 0 radical (unpaired) electrons. The summed E-state index contributed by atoms with van der Waals surface area (Å²) in [6, 6.07) is 10.7. The highest BCUT2D eigenvalue weighted by molar-refractivity contribution is 7.94. The zero-order valence-electron chi connectivity index (χ0n) is 81.2. The molecule has 39 nitrogen and oxygen atoms in total. The van der Waals surface area contributed by atoms with Gasteiger partial charge in [-0.1, -0.05) is 43.5 Å². The first-order chi connectivity index (χ1) is 66.5. The number of carbonyl (C=O) groups excluding carboxylic acids is 4. The average Bonchev–Trinajstić information content (AvgIpc) is 1.59. The van der Waals surface area contributed by atoms with Crippen LogP contribution in [0.25, 0.3) is 0 Å². The summed E-state index contributed by atoms with van der Waals surface area (Å²) < 4.78 is 174. The lowest BCUT2D eigenvalue weighted by Gasteiger charge is -2.27. The smallest absolute Gasteiger partial charge is 0.294 e. The van der Waals surface area contributed by atoms with Gasteiger partial charge in [0, 0.05) is 104 Å². The number of hydrogen-bond donors (Lipinski definition) is 4. The number of rotatable bonds is 97. The maximum absolute atomic E-state index is 12.8. The molecule has 0 saturated heterocycles. The quantitative estimate of drug-likeness (QED) is 0.00711. The monoisotopic (exact) mass is 1980 g/mol. The third kappa shape index (κ3) is 57.3. The molecule has 0 atom stereocenters. The topological polar surface area (TPSA) is 416 Å². The molecular weight excluding hydrogens is 1820 g/mol. The second-order valence-electron chi connectivity index (χ2n) is 31.9. The number of amides is 4. The number of hydrogen-bond acceptors (Lipinski definition) is 35. The number of ether oxygens (including phenoxy) is 24. The minimum absolute atomic E-state index is 0.00908. The minimum atomic E-state index is -4.47. The Labute approximate surface area is 809 Å². The van der Waals surface area contributed by atoms with Crippen LogP contribution in [0.5, 0.6) is 0 Å². The zero-order chi connectivity index (χ0) is 97.4. The molecule has 2 aromatic rings. The van der Waals surface area contributed by atoms with Crippen LogP contribution in [0.4, 0.5) is 11.4 Å². The maximum atomic E-state index is 12.8. The van der Waals surface area contributed by atoms with Crippen molar-refractivity contribution in [1.29, 1.82) is 0 Å². The Morgan fingerprint density at radius 1 is 0.390 bits per heavy atom. The van der Waals surface area contributed by atoms with E-state index in [4.69, 9.17) is 123 Å². The van der Waals surface area contributed by atoms with E-state index in [1.165, 1.54) is 23.1 Å². The lowest BCUT2D eigenvalue weighted by molar-refractivity contribution is -0.438. The molecule has 4 amide bonds. The van der Waals surface area contributed by atoms with E-state index < -0.39 is 20.9 Å². The number of nitrogens with one attached hydrogen (secondary N) is 2. The average molecular weight is 1980 g/mol. The van der Waals surface area contributed by atoms with Crippen molar-refractivity contribution < 1.29 is 165 Å². The highest BCUT2D eigenvalue weighted by Gasteiger charge is 2.45. The molecule has 0 aromatic heterocycles. The fraction of sp³-hybridized carbons (Fsp3) is 0.737. The Hall–Kier alpha value is -5.87. The number of imide groups is 1. The van der Waals surface area contributed by atoms with Gasteiger partial charge in [0.15, 0.2) is 5.71 Å². The van der Waals surface area contributed by atoms with Crippen molar-refractivity contribution in [3.8, 4) is 0 Å². The van der Waals surface area contributed by atoms with Crippen LogP contribution in [-0.4, -0.2) is 407 Å². The molecule has 3 aliphatic heterocycles. The standard InChI is InChI=1S/C95H157N5O34S2/c1-94(2)84-80-82(135-134-133-105)22-24-86(84)98(30-15-7-12-20-90(101)96-28-14-9-17-32-100-92(103)26-27-93(100)104)88(94)18-10-6-11-19-89-95(3,4)85-81-83(136(106,107)108)23-25-87(85)99(89)31-16-8-13-21-91(102)97-29-33-110-36-37-112-40-41-114-44-45-116-48-49-118-52-53-120-56-57-122-60-61-124-64-65-126-68-69-128-72-73-130-76-77-132-79-78-131-75-74-129-71-70-127-67-66-125-63-62-123-59-58-121-55-54-119-51-50-117-47-46-115-43-42-113-39-38-111-35-34-109-5/h6,10-11,18-19,22-27,80-81H,7-9,12-17,20-21,28-79H2,1-5H3,(H3-,96,97,101,102,105,106,107,108)/p+1. The van der Waals surface area contributed by atoms with Gasteiger partial charge in [-0.25, -0.2) is 5.26 Å². The van der Waals surface area contributed by atoms with E-state index in [1.807, 2.05) is 56.4 Å². The third-order valence-electron chi connectivity index (χ3n) is 21.0. The van der Waals surface area contributed by atoms with Crippen LogP contribution in [-0.2, 0) is 163 Å². The van der Waals surface area contributed by atoms with Crippen LogP contribution in [0.3, 0.4) is 0 Å². The van der Waals surface area contributed by atoms with E-state index >= 15 is 0 Å². The summed E-state index contributed by atoms with van der Waals surface area (Å²) in [6.07, 6.45) is 20.1. The van der Waals surface area contributed by atoms with Crippen molar-refractivity contribution in [3.63, 3.8) is 0 Å². The van der Waals surface area contributed by atoms with Crippen molar-refractivity contribution in [2.45, 2.75) is 119 Å². The largest absolute Gasteiger partial charge is 0.382 e. The summed E-state index contributed by atoms with van der Waals surface area (Å²) in [5.41, 5.74) is 4.62. The first-order valence-electron chi connectivity index (χ1n) is 47.7. The Morgan fingerprint density at radius 2 is 0.735 bits per heavy atom. The third-order valence-corrected chi connectivity index (χ3v) is 22.4. The van der Waals surface area contributed by atoms with Gasteiger partial charge >= 0.3 is 0 Å². The van der Waals surface area contributed by atoms with E-state index in [-0.39, 0.29) is 28.5 Å². The number of methoxy groups -OCH3 is 1. The summed E-state index contributed by atoms with van der Waals surface area (Å²) in [7, 11) is -2.83. The van der Waals surface area contributed by atoms with Crippen LogP contribution >= 0.6 is 12.0 Å². The molecular formula is C95H158N5O34S2+. The molecule has 0 aliphatic carbocycles. The number of nitrogens with zero attached hydrogens (tertiary/aromatic N) is 3. The Bertz CT molecular complexity index is 3680. The lowest BCUT2D eigenvalue weighted by atomic mass is 9.81. The molecule has 41 heteroatoms. The Morgan fingerprint density at radius 3 is 1.10 bits per heavy atom. The van der Waals surface area contributed by atoms with Crippen molar-refractivity contribution in [2.75, 3.05) is 355 Å². The molecule has 5 rings (SSSR count). The highest BCUT2D eigenvalue weighted by atomic mass is 32.2. The van der Waals surface area contributed by atoms with E-state index in [0.29, 0.717) is 375 Å². The van der Waals surface area contributed by atoms with Crippen molar-refractivity contribution in [1.82, 2.24) is 15.5 Å². The lowest BCUT2D eigenvalue weighted by Crippen LogP contribution is -2.31. The molecule has 0 fully saturated rings. The van der Waals surface area contributed by atoms with Gasteiger partial charge in [0.05, 0.1) is 333 Å². The number of allylic oxidation sites excluding steroid dienone is 6. The molecule has 0 unspecified atom stereocenters. The summed E-state index contributed by atoms with van der Waals surface area (Å²) in [5, 5.41) is 18.7. The van der Waals surface area contributed by atoms with Crippen LogP contribution in [0.1, 0.15) is 109 Å². The number of benzene rings is 2. The van der Waals surface area contributed by atoms with Crippen LogP contribution in [0.15, 0.2) is 94.4 Å². The summed E-state index contributed by atoms with van der Waals surface area (Å²) in [4.78, 5) is 53.1. The van der Waals surface area contributed by atoms with Gasteiger partial charge in [-0.05, 0) is 101 Å². The SMILES string of the molecule is COCCOCCOCCOCCOCCOCCOCCOCCOCCOCCOCCOCCOCCOCCOCCOCCOCCOCCOCCOCCOCCOCCOCCOCCNC(=O)CCCCCN1C(=CC=CC=CC2=[N+](CCCCCC(=O)NCCCCCN3C(=O)C=CC3=O)c3ccc(SOOO)cc3C2(C)C)C(C)(C)c2cc(S(=O)(=O)O)ccc21. The fourth-order valence-corrected chi connectivity index (χ4v) is 14.8. The van der Waals surface area contributed by atoms with Crippen molar-refractivity contribution in [2.24, 2.45) is 0 Å².